The molecule has 1 atom stereocenters. The van der Waals surface area contributed by atoms with Crippen LogP contribution in [0.3, 0.4) is 0 Å². The summed E-state index contributed by atoms with van der Waals surface area (Å²) in [6, 6.07) is 16.1. The summed E-state index contributed by atoms with van der Waals surface area (Å²) in [6.45, 7) is 6.23. The fourth-order valence-corrected chi connectivity index (χ4v) is 2.89. The molecule has 0 aliphatic carbocycles. The fraction of sp³-hybridized carbons (Fsp3) is 0.333. The average molecular weight is 371 g/mol. The molecule has 0 spiro atoms. The number of carbonyl (C=O) groups is 1. The van der Waals surface area contributed by atoms with Crippen molar-refractivity contribution in [2.45, 2.75) is 39.7 Å². The molecule has 0 aliphatic heterocycles. The molecule has 0 amide bonds. The number of esters is 1. The number of aryl methyl sites for hydroxylation is 2. The molecule has 0 heterocycles. The van der Waals surface area contributed by atoms with E-state index in [4.69, 9.17) is 17.0 Å². The van der Waals surface area contributed by atoms with Crippen molar-refractivity contribution >= 4 is 29.0 Å². The van der Waals surface area contributed by atoms with Gasteiger partial charge in [-0.3, -0.25) is 0 Å². The van der Waals surface area contributed by atoms with Crippen LogP contribution in [0.2, 0.25) is 0 Å². The first kappa shape index (κ1) is 19.9. The van der Waals surface area contributed by atoms with Gasteiger partial charge in [0, 0.05) is 11.7 Å². The molecule has 4 nitrogen and oxygen atoms in total. The minimum absolute atomic E-state index is 0.240. The van der Waals surface area contributed by atoms with Crippen LogP contribution >= 0.6 is 12.2 Å². The predicted molar refractivity (Wildman–Crippen MR) is 111 cm³/mol. The Morgan fingerprint density at radius 3 is 2.62 bits per heavy atom. The summed E-state index contributed by atoms with van der Waals surface area (Å²) in [7, 11) is 0. The van der Waals surface area contributed by atoms with E-state index in [1.807, 2.05) is 19.1 Å². The molecule has 0 radical (unpaired) electrons. The van der Waals surface area contributed by atoms with Crippen LogP contribution in [0, 0.1) is 6.92 Å². The molecular formula is C21H26N2O2S. The van der Waals surface area contributed by atoms with Crippen molar-refractivity contribution in [1.29, 1.82) is 0 Å². The van der Waals surface area contributed by atoms with E-state index in [-0.39, 0.29) is 12.0 Å². The van der Waals surface area contributed by atoms with Crippen molar-refractivity contribution in [3.05, 3.63) is 65.2 Å². The predicted octanol–water partition coefficient (Wildman–Crippen LogP) is 4.48. The molecule has 2 aromatic carbocycles. The van der Waals surface area contributed by atoms with E-state index in [2.05, 4.69) is 41.8 Å². The Balaban J connectivity index is 1.90. The summed E-state index contributed by atoms with van der Waals surface area (Å²) in [4.78, 5) is 11.9. The Labute approximate surface area is 161 Å². The fourth-order valence-electron chi connectivity index (χ4n) is 2.58. The quantitative estimate of drug-likeness (QED) is 0.556. The van der Waals surface area contributed by atoms with Crippen molar-refractivity contribution in [2.24, 2.45) is 0 Å². The van der Waals surface area contributed by atoms with Crippen LogP contribution in [0.5, 0.6) is 0 Å². The van der Waals surface area contributed by atoms with Gasteiger partial charge in [-0.05, 0) is 69.1 Å². The Hall–Kier alpha value is -2.40. The monoisotopic (exact) mass is 370 g/mol. The van der Waals surface area contributed by atoms with Crippen LogP contribution in [0.1, 0.15) is 41.8 Å². The van der Waals surface area contributed by atoms with Crippen molar-refractivity contribution < 1.29 is 9.53 Å². The van der Waals surface area contributed by atoms with E-state index in [9.17, 15) is 4.79 Å². The average Bonchev–Trinajstić information content (AvgIpc) is 2.63. The summed E-state index contributed by atoms with van der Waals surface area (Å²) in [5.41, 5.74) is 3.65. The second-order valence-electron chi connectivity index (χ2n) is 6.27. The maximum atomic E-state index is 11.9. The summed E-state index contributed by atoms with van der Waals surface area (Å²) in [5.74, 6) is -0.328. The number of thiocarbonyl (C=S) groups is 1. The van der Waals surface area contributed by atoms with Gasteiger partial charge in [0.2, 0.25) is 0 Å². The molecule has 2 aromatic rings. The topological polar surface area (TPSA) is 50.4 Å². The smallest absolute Gasteiger partial charge is 0.338 e. The van der Waals surface area contributed by atoms with Gasteiger partial charge in [-0.15, -0.1) is 0 Å². The summed E-state index contributed by atoms with van der Waals surface area (Å²) >= 11 is 5.42. The van der Waals surface area contributed by atoms with Crippen molar-refractivity contribution in [3.8, 4) is 0 Å². The minimum Gasteiger partial charge on any atom is -0.462 e. The zero-order chi connectivity index (χ0) is 18.9. The number of nitrogens with one attached hydrogen (secondary N) is 2. The highest BCUT2D eigenvalue weighted by Gasteiger charge is 2.11. The van der Waals surface area contributed by atoms with Crippen LogP contribution in [0.15, 0.2) is 48.5 Å². The molecule has 0 aromatic heterocycles. The first-order valence-corrected chi connectivity index (χ1v) is 9.29. The molecule has 0 saturated carbocycles. The van der Waals surface area contributed by atoms with E-state index in [1.54, 1.807) is 19.1 Å². The second-order valence-corrected chi connectivity index (χ2v) is 6.68. The van der Waals surface area contributed by atoms with Crippen LogP contribution in [0.4, 0.5) is 5.69 Å². The summed E-state index contributed by atoms with van der Waals surface area (Å²) in [5, 5.41) is 7.04. The first-order chi connectivity index (χ1) is 12.5. The normalized spacial score (nSPS) is 11.5. The molecule has 0 fully saturated rings. The molecular weight excluding hydrogens is 344 g/mol. The van der Waals surface area contributed by atoms with Gasteiger partial charge in [0.25, 0.3) is 0 Å². The van der Waals surface area contributed by atoms with Gasteiger partial charge >= 0.3 is 5.97 Å². The lowest BCUT2D eigenvalue weighted by Crippen LogP contribution is -2.36. The molecule has 138 valence electrons. The second kappa shape index (κ2) is 9.92. The van der Waals surface area contributed by atoms with E-state index in [0.29, 0.717) is 17.3 Å². The molecule has 0 aliphatic rings. The lowest BCUT2D eigenvalue weighted by Gasteiger charge is -2.18. The van der Waals surface area contributed by atoms with Crippen molar-refractivity contribution in [2.75, 3.05) is 11.9 Å². The summed E-state index contributed by atoms with van der Waals surface area (Å²) < 4.78 is 5.05. The minimum atomic E-state index is -0.328. The van der Waals surface area contributed by atoms with Gasteiger partial charge in [0.15, 0.2) is 5.11 Å². The lowest BCUT2D eigenvalue weighted by atomic mass is 10.1. The van der Waals surface area contributed by atoms with Crippen LogP contribution in [-0.2, 0) is 11.2 Å². The van der Waals surface area contributed by atoms with Crippen LogP contribution < -0.4 is 10.6 Å². The number of carbonyl (C=O) groups excluding carboxylic acids is 1. The maximum absolute atomic E-state index is 11.9. The van der Waals surface area contributed by atoms with Crippen LogP contribution in [-0.4, -0.2) is 23.7 Å². The number of anilines is 1. The van der Waals surface area contributed by atoms with E-state index in [1.165, 1.54) is 5.56 Å². The number of ether oxygens (including phenoxy) is 1. The highest BCUT2D eigenvalue weighted by Crippen LogP contribution is 2.18. The van der Waals surface area contributed by atoms with E-state index >= 15 is 0 Å². The molecule has 0 bridgehead atoms. The van der Waals surface area contributed by atoms with Gasteiger partial charge in [0.05, 0.1) is 12.2 Å². The third-order valence-corrected chi connectivity index (χ3v) is 4.30. The number of hydrogen-bond donors (Lipinski definition) is 2. The Morgan fingerprint density at radius 2 is 1.92 bits per heavy atom. The largest absolute Gasteiger partial charge is 0.462 e. The van der Waals surface area contributed by atoms with Gasteiger partial charge in [0.1, 0.15) is 0 Å². The van der Waals surface area contributed by atoms with Gasteiger partial charge < -0.3 is 15.4 Å². The standard InChI is InChI=1S/C21H26N2O2S/c1-4-25-20(24)18-13-10-15(2)19(14-18)23-21(26)22-16(3)11-12-17-8-6-5-7-9-17/h5-10,13-14,16H,4,11-12H2,1-3H3,(H2,22,23,26)/t16-/m1/s1. The number of benzene rings is 2. The maximum Gasteiger partial charge on any atom is 0.338 e. The molecule has 5 heteroatoms. The van der Waals surface area contributed by atoms with Gasteiger partial charge in [-0.1, -0.05) is 36.4 Å². The van der Waals surface area contributed by atoms with Crippen LogP contribution in [0.25, 0.3) is 0 Å². The van der Waals surface area contributed by atoms with Gasteiger partial charge in [-0.25, -0.2) is 4.79 Å². The highest BCUT2D eigenvalue weighted by molar-refractivity contribution is 7.80. The zero-order valence-electron chi connectivity index (χ0n) is 15.5. The van der Waals surface area contributed by atoms with E-state index in [0.717, 1.165) is 24.1 Å². The Bertz CT molecular complexity index is 747. The molecule has 26 heavy (non-hydrogen) atoms. The number of hydrogen-bond acceptors (Lipinski definition) is 3. The molecule has 0 unspecified atom stereocenters. The third kappa shape index (κ3) is 6.15. The molecule has 2 N–H and O–H groups in total. The van der Waals surface area contributed by atoms with Gasteiger partial charge in [-0.2, -0.15) is 0 Å². The lowest BCUT2D eigenvalue weighted by molar-refractivity contribution is 0.0526. The first-order valence-electron chi connectivity index (χ1n) is 8.88. The van der Waals surface area contributed by atoms with Crippen molar-refractivity contribution in [1.82, 2.24) is 5.32 Å². The van der Waals surface area contributed by atoms with E-state index < -0.39 is 0 Å². The molecule has 0 saturated heterocycles. The molecule has 2 rings (SSSR count). The van der Waals surface area contributed by atoms with Crippen molar-refractivity contribution in [3.63, 3.8) is 0 Å². The highest BCUT2D eigenvalue weighted by atomic mass is 32.1. The Morgan fingerprint density at radius 1 is 1.19 bits per heavy atom. The zero-order valence-corrected chi connectivity index (χ0v) is 16.4. The Kier molecular flexibility index (Phi) is 7.60. The number of rotatable bonds is 7. The third-order valence-electron chi connectivity index (χ3n) is 4.08. The summed E-state index contributed by atoms with van der Waals surface area (Å²) in [6.07, 6.45) is 1.97. The SMILES string of the molecule is CCOC(=O)c1ccc(C)c(NC(=S)N[C@H](C)CCc2ccccc2)c1.